The van der Waals surface area contributed by atoms with Gasteiger partial charge in [-0.15, -0.1) is 5.10 Å². The Morgan fingerprint density at radius 2 is 1.96 bits per heavy atom. The van der Waals surface area contributed by atoms with Gasteiger partial charge in [-0.2, -0.15) is 0 Å². The monoisotopic (exact) mass is 346 g/mol. The molecule has 0 saturated carbocycles. The lowest BCUT2D eigenvalue weighted by Crippen LogP contribution is -2.49. The van der Waals surface area contributed by atoms with E-state index >= 15 is 0 Å². The van der Waals surface area contributed by atoms with E-state index in [0.29, 0.717) is 13.1 Å². The van der Waals surface area contributed by atoms with E-state index in [1.54, 1.807) is 14.2 Å². The van der Waals surface area contributed by atoms with Crippen molar-refractivity contribution < 1.29 is 14.3 Å². The molecule has 0 bridgehead atoms. The molecular weight excluding hydrogens is 324 g/mol. The van der Waals surface area contributed by atoms with Gasteiger partial charge in [0.2, 0.25) is 5.91 Å². The third kappa shape index (κ3) is 4.24. The van der Waals surface area contributed by atoms with Gasteiger partial charge < -0.3 is 14.4 Å². The second-order valence-electron chi connectivity index (χ2n) is 5.84. The van der Waals surface area contributed by atoms with Crippen LogP contribution in [0.1, 0.15) is 5.56 Å². The molecule has 1 aliphatic rings. The van der Waals surface area contributed by atoms with Gasteiger partial charge in [-0.3, -0.25) is 9.69 Å². The van der Waals surface area contributed by atoms with Crippen molar-refractivity contribution in [1.82, 2.24) is 30.0 Å². The van der Waals surface area contributed by atoms with Crippen LogP contribution in [0.15, 0.2) is 24.5 Å². The molecule has 134 valence electrons. The maximum absolute atomic E-state index is 12.3. The second kappa shape index (κ2) is 7.93. The summed E-state index contributed by atoms with van der Waals surface area (Å²) in [6, 6.07) is 5.80. The molecule has 0 N–H and O–H groups in total. The first-order chi connectivity index (χ1) is 12.2. The van der Waals surface area contributed by atoms with Gasteiger partial charge >= 0.3 is 0 Å². The molecule has 25 heavy (non-hydrogen) atoms. The summed E-state index contributed by atoms with van der Waals surface area (Å²) in [7, 11) is 3.32. The highest BCUT2D eigenvalue weighted by Gasteiger charge is 2.22. The van der Waals surface area contributed by atoms with E-state index in [0.717, 1.165) is 36.7 Å². The minimum Gasteiger partial charge on any atom is -0.497 e. The molecule has 1 aromatic heterocycles. The standard InChI is InChI=1S/C16H22N6O3/c1-24-14-3-4-15(25-2)13(9-14)10-20-5-7-21(8-6-20)16(23)11-22-12-17-18-19-22/h3-4,9,12H,5-8,10-11H2,1-2H3. The summed E-state index contributed by atoms with van der Waals surface area (Å²) >= 11 is 0. The van der Waals surface area contributed by atoms with Crippen LogP contribution in [0.4, 0.5) is 0 Å². The maximum atomic E-state index is 12.3. The molecule has 0 radical (unpaired) electrons. The summed E-state index contributed by atoms with van der Waals surface area (Å²) in [5, 5.41) is 10.8. The quantitative estimate of drug-likeness (QED) is 0.730. The number of methoxy groups -OCH3 is 2. The number of hydrogen-bond acceptors (Lipinski definition) is 7. The fourth-order valence-electron chi connectivity index (χ4n) is 2.89. The number of ether oxygens (including phenoxy) is 2. The van der Waals surface area contributed by atoms with Crippen LogP contribution in [0.25, 0.3) is 0 Å². The number of tetrazole rings is 1. The smallest absolute Gasteiger partial charge is 0.244 e. The van der Waals surface area contributed by atoms with Gasteiger partial charge in [0.25, 0.3) is 0 Å². The first-order valence-corrected chi connectivity index (χ1v) is 8.11. The number of amides is 1. The van der Waals surface area contributed by atoms with Gasteiger partial charge in [-0.05, 0) is 28.6 Å². The number of nitrogens with zero attached hydrogens (tertiary/aromatic N) is 6. The van der Waals surface area contributed by atoms with Crippen molar-refractivity contribution in [2.45, 2.75) is 13.1 Å². The van der Waals surface area contributed by atoms with Gasteiger partial charge in [0, 0.05) is 38.3 Å². The molecule has 9 heteroatoms. The van der Waals surface area contributed by atoms with Crippen LogP contribution in [0.5, 0.6) is 11.5 Å². The van der Waals surface area contributed by atoms with Crippen molar-refractivity contribution in [2.75, 3.05) is 40.4 Å². The highest BCUT2D eigenvalue weighted by molar-refractivity contribution is 5.76. The predicted octanol–water partition coefficient (Wildman–Crippen LogP) is 0.0347. The molecular formula is C16H22N6O3. The Morgan fingerprint density at radius 1 is 1.16 bits per heavy atom. The summed E-state index contributed by atoms with van der Waals surface area (Å²) in [4.78, 5) is 16.4. The number of carbonyl (C=O) groups excluding carboxylic acids is 1. The molecule has 0 unspecified atom stereocenters. The largest absolute Gasteiger partial charge is 0.497 e. The van der Waals surface area contributed by atoms with Crippen LogP contribution in [0.3, 0.4) is 0 Å². The molecule has 0 spiro atoms. The Labute approximate surface area is 146 Å². The lowest BCUT2D eigenvalue weighted by atomic mass is 10.1. The topological polar surface area (TPSA) is 85.6 Å². The zero-order valence-electron chi connectivity index (χ0n) is 14.5. The van der Waals surface area contributed by atoms with Gasteiger partial charge in [-0.1, -0.05) is 0 Å². The highest BCUT2D eigenvalue weighted by atomic mass is 16.5. The number of rotatable bonds is 6. The fraction of sp³-hybridized carbons (Fsp3) is 0.500. The molecule has 0 atom stereocenters. The van der Waals surface area contributed by atoms with Gasteiger partial charge in [0.05, 0.1) is 14.2 Å². The van der Waals surface area contributed by atoms with Crippen molar-refractivity contribution in [3.8, 4) is 11.5 Å². The second-order valence-corrected chi connectivity index (χ2v) is 5.84. The number of piperazine rings is 1. The average molecular weight is 346 g/mol. The lowest BCUT2D eigenvalue weighted by molar-refractivity contribution is -0.133. The maximum Gasteiger partial charge on any atom is 0.244 e. The first-order valence-electron chi connectivity index (χ1n) is 8.11. The Kier molecular flexibility index (Phi) is 5.44. The molecule has 1 aromatic carbocycles. The Bertz CT molecular complexity index is 698. The summed E-state index contributed by atoms with van der Waals surface area (Å²) in [6.07, 6.45) is 1.45. The van der Waals surface area contributed by atoms with Crippen LogP contribution in [0, 0.1) is 0 Å². The van der Waals surface area contributed by atoms with Crippen LogP contribution < -0.4 is 9.47 Å². The zero-order valence-corrected chi connectivity index (χ0v) is 14.5. The van der Waals surface area contributed by atoms with E-state index in [1.165, 1.54) is 11.0 Å². The number of carbonyl (C=O) groups is 1. The predicted molar refractivity (Wildman–Crippen MR) is 89.2 cm³/mol. The normalized spacial score (nSPS) is 15.2. The molecule has 1 fully saturated rings. The van der Waals surface area contributed by atoms with E-state index in [-0.39, 0.29) is 12.5 Å². The van der Waals surface area contributed by atoms with Crippen molar-refractivity contribution in [3.05, 3.63) is 30.1 Å². The lowest BCUT2D eigenvalue weighted by Gasteiger charge is -2.35. The first kappa shape index (κ1) is 17.2. The summed E-state index contributed by atoms with van der Waals surface area (Å²) in [5.74, 6) is 1.69. The molecule has 3 rings (SSSR count). The van der Waals surface area contributed by atoms with Gasteiger partial charge in [-0.25, -0.2) is 4.68 Å². The molecule has 9 nitrogen and oxygen atoms in total. The van der Waals surface area contributed by atoms with E-state index in [2.05, 4.69) is 20.4 Å². The van der Waals surface area contributed by atoms with Crippen molar-refractivity contribution in [1.29, 1.82) is 0 Å². The van der Waals surface area contributed by atoms with Crippen LogP contribution in [-0.2, 0) is 17.9 Å². The molecule has 2 aromatic rings. The van der Waals surface area contributed by atoms with Crippen molar-refractivity contribution >= 4 is 5.91 Å². The van der Waals surface area contributed by atoms with Crippen LogP contribution in [-0.4, -0.2) is 76.3 Å². The molecule has 1 aliphatic heterocycles. The number of benzene rings is 1. The van der Waals surface area contributed by atoms with Crippen molar-refractivity contribution in [2.24, 2.45) is 0 Å². The third-order valence-electron chi connectivity index (χ3n) is 4.30. The third-order valence-corrected chi connectivity index (χ3v) is 4.30. The molecule has 0 aliphatic carbocycles. The van der Waals surface area contributed by atoms with Crippen LogP contribution in [0.2, 0.25) is 0 Å². The Hall–Kier alpha value is -2.68. The van der Waals surface area contributed by atoms with Crippen LogP contribution >= 0.6 is 0 Å². The summed E-state index contributed by atoms with van der Waals surface area (Å²) in [5.41, 5.74) is 1.08. The Balaban J connectivity index is 1.55. The summed E-state index contributed by atoms with van der Waals surface area (Å²) < 4.78 is 12.2. The number of hydrogen-bond donors (Lipinski definition) is 0. The Morgan fingerprint density at radius 3 is 2.60 bits per heavy atom. The molecule has 1 amide bonds. The average Bonchev–Trinajstić information content (AvgIpc) is 3.15. The molecule has 1 saturated heterocycles. The zero-order chi connectivity index (χ0) is 17.6. The summed E-state index contributed by atoms with van der Waals surface area (Å²) in [6.45, 7) is 3.93. The molecule has 2 heterocycles. The van der Waals surface area contributed by atoms with E-state index in [9.17, 15) is 4.79 Å². The van der Waals surface area contributed by atoms with Crippen molar-refractivity contribution in [3.63, 3.8) is 0 Å². The number of aromatic nitrogens is 4. The van der Waals surface area contributed by atoms with E-state index in [4.69, 9.17) is 9.47 Å². The van der Waals surface area contributed by atoms with Gasteiger partial charge in [0.15, 0.2) is 0 Å². The minimum absolute atomic E-state index is 0.0333. The highest BCUT2D eigenvalue weighted by Crippen LogP contribution is 2.25. The van der Waals surface area contributed by atoms with E-state index < -0.39 is 0 Å². The SMILES string of the molecule is COc1ccc(OC)c(CN2CCN(C(=O)Cn3cnnn3)CC2)c1. The minimum atomic E-state index is 0.0333. The fourth-order valence-corrected chi connectivity index (χ4v) is 2.89. The van der Waals surface area contributed by atoms with Gasteiger partial charge in [0.1, 0.15) is 24.4 Å². The van der Waals surface area contributed by atoms with E-state index in [1.807, 2.05) is 23.1 Å².